The number of nitrogens with two attached hydrogens (primary N) is 1. The lowest BCUT2D eigenvalue weighted by atomic mass is 10.0. The number of hydrogen-bond acceptors (Lipinski definition) is 3. The molecule has 1 heterocycles. The van der Waals surface area contributed by atoms with Gasteiger partial charge in [-0.05, 0) is 42.9 Å². The average molecular weight is 291 g/mol. The molecule has 1 atom stereocenters. The van der Waals surface area contributed by atoms with Crippen LogP contribution in [0.4, 0.5) is 15.8 Å². The van der Waals surface area contributed by atoms with E-state index in [9.17, 15) is 14.0 Å². The van der Waals surface area contributed by atoms with Crippen molar-refractivity contribution in [2.24, 2.45) is 11.7 Å². The number of benzene rings is 1. The Morgan fingerprint density at radius 1 is 1.43 bits per heavy atom. The van der Waals surface area contributed by atoms with Crippen LogP contribution in [0.25, 0.3) is 0 Å². The molecule has 1 aromatic carbocycles. The van der Waals surface area contributed by atoms with Crippen LogP contribution in [-0.2, 0) is 16.0 Å². The predicted molar refractivity (Wildman–Crippen MR) is 77.3 cm³/mol. The number of carbonyl (C=O) groups is 2. The minimum Gasteiger partial charge on any atom is -0.327 e. The molecule has 6 heteroatoms. The van der Waals surface area contributed by atoms with E-state index in [0.717, 1.165) is 18.4 Å². The van der Waals surface area contributed by atoms with Gasteiger partial charge in [0.2, 0.25) is 11.8 Å². The standard InChI is InChI=1S/C15H18FN3O2/c16-10-5-9-3-4-14(20)18-12(9)7-13(10)19-15(21)6-11(17)8-1-2-8/h5,7-8,11H,1-4,6,17H2,(H,18,20)(H,19,21). The number of fused-ring (bicyclic) bond motifs is 1. The number of hydrogen-bond donors (Lipinski definition) is 3. The number of amides is 2. The number of nitrogens with one attached hydrogen (secondary N) is 2. The van der Waals surface area contributed by atoms with Gasteiger partial charge in [0.05, 0.1) is 5.69 Å². The smallest absolute Gasteiger partial charge is 0.226 e. The second kappa shape index (κ2) is 5.44. The average Bonchev–Trinajstić information content (AvgIpc) is 3.24. The SMILES string of the molecule is NC(CC(=O)Nc1cc2c(cc1F)CCC(=O)N2)C1CC1. The molecule has 21 heavy (non-hydrogen) atoms. The molecule has 1 unspecified atom stereocenters. The van der Waals surface area contributed by atoms with Crippen molar-refractivity contribution in [1.29, 1.82) is 0 Å². The Balaban J connectivity index is 1.71. The third-order valence-corrected chi connectivity index (χ3v) is 4.01. The molecule has 1 aliphatic carbocycles. The van der Waals surface area contributed by atoms with Crippen LogP contribution < -0.4 is 16.4 Å². The molecule has 0 bridgehead atoms. The van der Waals surface area contributed by atoms with Gasteiger partial charge in [0, 0.05) is 24.6 Å². The zero-order valence-electron chi connectivity index (χ0n) is 11.6. The van der Waals surface area contributed by atoms with Crippen LogP contribution >= 0.6 is 0 Å². The molecule has 5 nitrogen and oxygen atoms in total. The first-order valence-corrected chi connectivity index (χ1v) is 7.20. The number of carbonyl (C=O) groups excluding carboxylic acids is 2. The number of aryl methyl sites for hydroxylation is 1. The second-order valence-corrected chi connectivity index (χ2v) is 5.79. The summed E-state index contributed by atoms with van der Waals surface area (Å²) >= 11 is 0. The first-order valence-electron chi connectivity index (χ1n) is 7.20. The Morgan fingerprint density at radius 3 is 2.90 bits per heavy atom. The van der Waals surface area contributed by atoms with Crippen LogP contribution in [0.3, 0.4) is 0 Å². The summed E-state index contributed by atoms with van der Waals surface area (Å²) in [6.45, 7) is 0. The van der Waals surface area contributed by atoms with E-state index in [2.05, 4.69) is 10.6 Å². The minimum atomic E-state index is -0.488. The monoisotopic (exact) mass is 291 g/mol. The van der Waals surface area contributed by atoms with Gasteiger partial charge in [-0.3, -0.25) is 9.59 Å². The molecule has 0 radical (unpaired) electrons. The van der Waals surface area contributed by atoms with Gasteiger partial charge < -0.3 is 16.4 Å². The number of anilines is 2. The fourth-order valence-electron chi connectivity index (χ4n) is 2.60. The minimum absolute atomic E-state index is 0.0870. The molecular weight excluding hydrogens is 273 g/mol. The van der Waals surface area contributed by atoms with E-state index >= 15 is 0 Å². The maximum Gasteiger partial charge on any atom is 0.226 e. The fourth-order valence-corrected chi connectivity index (χ4v) is 2.60. The van der Waals surface area contributed by atoms with E-state index in [-0.39, 0.29) is 30.0 Å². The van der Waals surface area contributed by atoms with Crippen LogP contribution in [0.15, 0.2) is 12.1 Å². The zero-order valence-corrected chi connectivity index (χ0v) is 11.6. The highest BCUT2D eigenvalue weighted by Gasteiger charge is 2.30. The topological polar surface area (TPSA) is 84.2 Å². The molecule has 0 saturated heterocycles. The Bertz CT molecular complexity index is 599. The zero-order chi connectivity index (χ0) is 15.0. The van der Waals surface area contributed by atoms with E-state index in [1.807, 2.05) is 0 Å². The lowest BCUT2D eigenvalue weighted by Crippen LogP contribution is -2.29. The third-order valence-electron chi connectivity index (χ3n) is 4.01. The predicted octanol–water partition coefficient (Wildman–Crippen LogP) is 1.78. The highest BCUT2D eigenvalue weighted by molar-refractivity contribution is 5.96. The second-order valence-electron chi connectivity index (χ2n) is 5.79. The van der Waals surface area contributed by atoms with Crippen molar-refractivity contribution in [2.45, 2.75) is 38.1 Å². The Hall–Kier alpha value is -1.95. The van der Waals surface area contributed by atoms with Crippen molar-refractivity contribution in [2.75, 3.05) is 10.6 Å². The van der Waals surface area contributed by atoms with Crippen molar-refractivity contribution < 1.29 is 14.0 Å². The lowest BCUT2D eigenvalue weighted by Gasteiger charge is -2.19. The van der Waals surface area contributed by atoms with Crippen molar-refractivity contribution in [3.8, 4) is 0 Å². The third kappa shape index (κ3) is 3.21. The largest absolute Gasteiger partial charge is 0.327 e. The van der Waals surface area contributed by atoms with Gasteiger partial charge in [-0.15, -0.1) is 0 Å². The summed E-state index contributed by atoms with van der Waals surface area (Å²) in [6, 6.07) is 2.68. The Morgan fingerprint density at radius 2 is 2.19 bits per heavy atom. The van der Waals surface area contributed by atoms with Crippen LogP contribution in [0.2, 0.25) is 0 Å². The van der Waals surface area contributed by atoms with E-state index in [0.29, 0.717) is 24.4 Å². The first kappa shape index (κ1) is 14.0. The molecule has 2 amide bonds. The summed E-state index contributed by atoms with van der Waals surface area (Å²) in [6.07, 6.45) is 3.18. The van der Waals surface area contributed by atoms with E-state index in [1.54, 1.807) is 0 Å². The van der Waals surface area contributed by atoms with Gasteiger partial charge in [0.25, 0.3) is 0 Å². The molecule has 1 aromatic rings. The summed E-state index contributed by atoms with van der Waals surface area (Å²) < 4.78 is 14.0. The summed E-state index contributed by atoms with van der Waals surface area (Å²) in [4.78, 5) is 23.3. The quantitative estimate of drug-likeness (QED) is 0.790. The van der Waals surface area contributed by atoms with Crippen LogP contribution in [0, 0.1) is 11.7 Å². The normalized spacial score (nSPS) is 18.7. The number of halogens is 1. The maximum atomic E-state index is 14.0. The van der Waals surface area contributed by atoms with Crippen LogP contribution in [0.1, 0.15) is 31.2 Å². The highest BCUT2D eigenvalue weighted by atomic mass is 19.1. The van der Waals surface area contributed by atoms with Gasteiger partial charge in [-0.25, -0.2) is 4.39 Å². The molecule has 112 valence electrons. The molecule has 2 aliphatic rings. The molecule has 1 fully saturated rings. The van der Waals surface area contributed by atoms with E-state index in [4.69, 9.17) is 5.73 Å². The highest BCUT2D eigenvalue weighted by Crippen LogP contribution is 2.33. The molecule has 4 N–H and O–H groups in total. The maximum absolute atomic E-state index is 14.0. The van der Waals surface area contributed by atoms with E-state index < -0.39 is 5.82 Å². The summed E-state index contributed by atoms with van der Waals surface area (Å²) in [5, 5.41) is 5.23. The summed E-state index contributed by atoms with van der Waals surface area (Å²) in [7, 11) is 0. The fraction of sp³-hybridized carbons (Fsp3) is 0.467. The molecule has 0 spiro atoms. The molecule has 3 rings (SSSR count). The van der Waals surface area contributed by atoms with Crippen molar-refractivity contribution >= 4 is 23.2 Å². The molecular formula is C15H18FN3O2. The van der Waals surface area contributed by atoms with Gasteiger partial charge in [-0.1, -0.05) is 0 Å². The van der Waals surface area contributed by atoms with Crippen LogP contribution in [-0.4, -0.2) is 17.9 Å². The number of rotatable bonds is 4. The Labute approximate surface area is 122 Å². The first-order chi connectivity index (χ1) is 10.0. The van der Waals surface area contributed by atoms with Crippen molar-refractivity contribution in [1.82, 2.24) is 0 Å². The Kier molecular flexibility index (Phi) is 3.63. The molecule has 1 saturated carbocycles. The van der Waals surface area contributed by atoms with Gasteiger partial charge in [0.15, 0.2) is 0 Å². The summed E-state index contributed by atoms with van der Waals surface area (Å²) in [5.74, 6) is -0.459. The van der Waals surface area contributed by atoms with Gasteiger partial charge in [0.1, 0.15) is 5.82 Å². The molecule has 0 aromatic heterocycles. The van der Waals surface area contributed by atoms with Crippen LogP contribution in [0.5, 0.6) is 0 Å². The van der Waals surface area contributed by atoms with Crippen molar-refractivity contribution in [3.63, 3.8) is 0 Å². The van der Waals surface area contributed by atoms with Gasteiger partial charge in [-0.2, -0.15) is 0 Å². The summed E-state index contributed by atoms with van der Waals surface area (Å²) in [5.41, 5.74) is 7.29. The molecule has 1 aliphatic heterocycles. The van der Waals surface area contributed by atoms with Gasteiger partial charge >= 0.3 is 0 Å². The van der Waals surface area contributed by atoms with E-state index in [1.165, 1.54) is 12.1 Å². The lowest BCUT2D eigenvalue weighted by molar-refractivity contribution is -0.117. The van der Waals surface area contributed by atoms with Crippen molar-refractivity contribution in [3.05, 3.63) is 23.5 Å².